The second-order valence-corrected chi connectivity index (χ2v) is 9.99. The van der Waals surface area contributed by atoms with Gasteiger partial charge in [-0.2, -0.15) is 0 Å². The van der Waals surface area contributed by atoms with Crippen LogP contribution in [0.25, 0.3) is 6.08 Å². The van der Waals surface area contributed by atoms with Crippen molar-refractivity contribution in [1.82, 2.24) is 4.98 Å². The Morgan fingerprint density at radius 2 is 1.74 bits per heavy atom. The summed E-state index contributed by atoms with van der Waals surface area (Å²) in [6.45, 7) is 4.57. The number of allylic oxidation sites excluding steroid dienone is 1. The zero-order chi connectivity index (χ0) is 26.9. The number of pyridine rings is 1. The summed E-state index contributed by atoms with van der Waals surface area (Å²) in [5, 5.41) is 0. The van der Waals surface area contributed by atoms with Crippen LogP contribution in [0.3, 0.4) is 0 Å². The number of rotatable bonds is 6. The molecule has 1 atom stereocenters. The first-order valence-electron chi connectivity index (χ1n) is 13.0. The number of aromatic nitrogens is 1. The minimum absolute atomic E-state index is 0.0979. The normalized spacial score (nSPS) is 17.0. The quantitative estimate of drug-likeness (QED) is 0.158. The molecule has 0 N–H and O–H groups in total. The van der Waals surface area contributed by atoms with Crippen molar-refractivity contribution in [2.45, 2.75) is 38.7 Å². The predicted molar refractivity (Wildman–Crippen MR) is 147 cm³/mol. The molecule has 0 amide bonds. The van der Waals surface area contributed by atoms with Gasteiger partial charge in [0.05, 0.1) is 17.7 Å². The predicted octanol–water partition coefficient (Wildman–Crippen LogP) is 6.84. The van der Waals surface area contributed by atoms with E-state index in [4.69, 9.17) is 14.2 Å². The van der Waals surface area contributed by atoms with Gasteiger partial charge >= 0.3 is 5.97 Å². The molecule has 6 heteroatoms. The van der Waals surface area contributed by atoms with Crippen LogP contribution in [0.1, 0.15) is 70.4 Å². The Kier molecular flexibility index (Phi) is 6.45. The molecule has 0 spiro atoms. The number of hydrogen-bond donors (Lipinski definition) is 0. The third-order valence-corrected chi connectivity index (χ3v) is 7.08. The fourth-order valence-electron chi connectivity index (χ4n) is 5.04. The van der Waals surface area contributed by atoms with E-state index in [1.807, 2.05) is 54.6 Å². The Hall–Kier alpha value is -4.71. The molecule has 6 nitrogen and oxygen atoms in total. The highest BCUT2D eigenvalue weighted by atomic mass is 16.5. The number of para-hydroxylation sites is 1. The lowest BCUT2D eigenvalue weighted by Gasteiger charge is -2.27. The second-order valence-electron chi connectivity index (χ2n) is 9.99. The number of ketones is 1. The lowest BCUT2D eigenvalue weighted by molar-refractivity contribution is -0.135. The minimum atomic E-state index is -0.409. The molecule has 0 saturated carbocycles. The van der Waals surface area contributed by atoms with E-state index in [0.29, 0.717) is 34.3 Å². The van der Waals surface area contributed by atoms with Gasteiger partial charge in [0, 0.05) is 23.2 Å². The number of nitrogens with zero attached hydrogens (tertiary/aromatic N) is 1. The van der Waals surface area contributed by atoms with Crippen molar-refractivity contribution >= 4 is 17.8 Å². The number of hydrogen-bond acceptors (Lipinski definition) is 6. The van der Waals surface area contributed by atoms with Crippen LogP contribution < -0.4 is 14.2 Å². The minimum Gasteiger partial charge on any atom is -0.487 e. The standard InChI is InChI=1S/C33H27NO5/c1-20(2)22-12-10-21(11-13-22)17-29-32(36)25-14-15-28-31(33(25)39-29)26(18-30(35)38-28)24-8-3-4-9-27(24)37-19-23-7-5-6-16-34-23/h3-17,20,26H,18-19H2,1-2H3/b29-17-/t26-/m1/s1. The van der Waals surface area contributed by atoms with Crippen molar-refractivity contribution in [2.75, 3.05) is 0 Å². The third kappa shape index (κ3) is 4.81. The highest BCUT2D eigenvalue weighted by Gasteiger charge is 2.39. The Morgan fingerprint density at radius 1 is 0.949 bits per heavy atom. The Bertz CT molecular complexity index is 1590. The van der Waals surface area contributed by atoms with E-state index in [2.05, 4.69) is 31.0 Å². The maximum atomic E-state index is 13.4. The molecule has 0 radical (unpaired) electrons. The van der Waals surface area contributed by atoms with Gasteiger partial charge in [-0.25, -0.2) is 0 Å². The smallest absolute Gasteiger partial charge is 0.312 e. The number of benzene rings is 3. The van der Waals surface area contributed by atoms with Crippen molar-refractivity contribution in [3.8, 4) is 17.2 Å². The summed E-state index contributed by atoms with van der Waals surface area (Å²) in [5.41, 5.74) is 4.84. The van der Waals surface area contributed by atoms with E-state index in [9.17, 15) is 9.59 Å². The first-order valence-corrected chi connectivity index (χ1v) is 13.0. The number of carbonyl (C=O) groups is 2. The first kappa shape index (κ1) is 24.6. The summed E-state index contributed by atoms with van der Waals surface area (Å²) in [7, 11) is 0. The summed E-state index contributed by atoms with van der Waals surface area (Å²) in [5.74, 6) is 1.16. The van der Waals surface area contributed by atoms with Crippen molar-refractivity contribution < 1.29 is 23.8 Å². The summed E-state index contributed by atoms with van der Waals surface area (Å²) in [6, 6.07) is 24.7. The molecule has 3 heterocycles. The van der Waals surface area contributed by atoms with Crippen LogP contribution in [-0.2, 0) is 11.4 Å². The third-order valence-electron chi connectivity index (χ3n) is 7.08. The molecule has 4 aromatic rings. The van der Waals surface area contributed by atoms with Crippen molar-refractivity contribution in [3.63, 3.8) is 0 Å². The van der Waals surface area contributed by atoms with E-state index in [0.717, 1.165) is 16.8 Å². The number of Topliss-reactive ketones (excluding diaryl/α,β-unsaturated/α-hetero) is 1. The molecule has 0 aliphatic carbocycles. The first-order chi connectivity index (χ1) is 19.0. The summed E-state index contributed by atoms with van der Waals surface area (Å²) < 4.78 is 18.0. The van der Waals surface area contributed by atoms with Crippen LogP contribution in [0.15, 0.2) is 90.8 Å². The summed E-state index contributed by atoms with van der Waals surface area (Å²) >= 11 is 0. The molecule has 0 fully saturated rings. The van der Waals surface area contributed by atoms with E-state index in [1.54, 1.807) is 24.4 Å². The van der Waals surface area contributed by atoms with Gasteiger partial charge in [-0.1, -0.05) is 62.4 Å². The molecule has 3 aromatic carbocycles. The molecule has 0 saturated heterocycles. The molecule has 2 aliphatic rings. The second kappa shape index (κ2) is 10.2. The maximum Gasteiger partial charge on any atom is 0.312 e. The largest absolute Gasteiger partial charge is 0.487 e. The number of esters is 1. The molecule has 0 unspecified atom stereocenters. The van der Waals surface area contributed by atoms with Gasteiger partial charge in [-0.05, 0) is 53.5 Å². The SMILES string of the molecule is CC(C)c1ccc(/C=C2\Oc3c(ccc4c3[C@@H](c3ccccc3OCc3ccccn3)CC(=O)O4)C2=O)cc1. The van der Waals surface area contributed by atoms with Crippen molar-refractivity contribution in [1.29, 1.82) is 0 Å². The van der Waals surface area contributed by atoms with Crippen LogP contribution in [-0.4, -0.2) is 16.7 Å². The topological polar surface area (TPSA) is 74.7 Å². The van der Waals surface area contributed by atoms with Crippen molar-refractivity contribution in [2.24, 2.45) is 0 Å². The Labute approximate surface area is 226 Å². The summed E-state index contributed by atoms with van der Waals surface area (Å²) in [6.07, 6.45) is 3.58. The highest BCUT2D eigenvalue weighted by molar-refractivity contribution is 6.15. The van der Waals surface area contributed by atoms with Gasteiger partial charge in [0.25, 0.3) is 0 Å². The van der Waals surface area contributed by atoms with Gasteiger partial charge in [0.1, 0.15) is 23.9 Å². The maximum absolute atomic E-state index is 13.4. The lowest BCUT2D eigenvalue weighted by Crippen LogP contribution is -2.22. The average Bonchev–Trinajstić information content (AvgIpc) is 3.27. The van der Waals surface area contributed by atoms with E-state index < -0.39 is 5.92 Å². The fourth-order valence-corrected chi connectivity index (χ4v) is 5.04. The molecule has 2 aliphatic heterocycles. The van der Waals surface area contributed by atoms with Crippen molar-refractivity contribution in [3.05, 3.63) is 124 Å². The van der Waals surface area contributed by atoms with Crippen LogP contribution in [0.4, 0.5) is 0 Å². The molecular weight excluding hydrogens is 490 g/mol. The lowest BCUT2D eigenvalue weighted by atomic mass is 9.84. The zero-order valence-electron chi connectivity index (χ0n) is 21.7. The number of ether oxygens (including phenoxy) is 3. The monoisotopic (exact) mass is 517 g/mol. The molecule has 194 valence electrons. The van der Waals surface area contributed by atoms with Crippen LogP contribution >= 0.6 is 0 Å². The molecule has 39 heavy (non-hydrogen) atoms. The molecule has 0 bridgehead atoms. The number of carbonyl (C=O) groups excluding carboxylic acids is 2. The number of fused-ring (bicyclic) bond motifs is 3. The zero-order valence-corrected chi connectivity index (χ0v) is 21.7. The van der Waals surface area contributed by atoms with E-state index >= 15 is 0 Å². The van der Waals surface area contributed by atoms with Gasteiger partial charge in [0.15, 0.2) is 5.76 Å². The van der Waals surface area contributed by atoms with Gasteiger partial charge in [0.2, 0.25) is 5.78 Å². The van der Waals surface area contributed by atoms with Crippen LogP contribution in [0, 0.1) is 0 Å². The van der Waals surface area contributed by atoms with Gasteiger partial charge in [-0.3, -0.25) is 14.6 Å². The molecule has 6 rings (SSSR count). The summed E-state index contributed by atoms with van der Waals surface area (Å²) in [4.78, 5) is 30.3. The Balaban J connectivity index is 1.36. The van der Waals surface area contributed by atoms with E-state index in [-0.39, 0.29) is 30.5 Å². The average molecular weight is 518 g/mol. The molecule has 1 aromatic heterocycles. The molecular formula is C33H27NO5. The highest BCUT2D eigenvalue weighted by Crippen LogP contribution is 2.50. The Morgan fingerprint density at radius 3 is 2.51 bits per heavy atom. The fraction of sp³-hybridized carbons (Fsp3) is 0.182. The van der Waals surface area contributed by atoms with E-state index in [1.165, 1.54) is 5.56 Å². The van der Waals surface area contributed by atoms with Crippen LogP contribution in [0.2, 0.25) is 0 Å². The van der Waals surface area contributed by atoms with Gasteiger partial charge < -0.3 is 14.2 Å². The van der Waals surface area contributed by atoms with Gasteiger partial charge in [-0.15, -0.1) is 0 Å². The van der Waals surface area contributed by atoms with Crippen LogP contribution in [0.5, 0.6) is 17.2 Å².